The van der Waals surface area contributed by atoms with Gasteiger partial charge in [0.1, 0.15) is 0 Å². The van der Waals surface area contributed by atoms with E-state index in [4.69, 9.17) is 11.6 Å². The van der Waals surface area contributed by atoms with Crippen LogP contribution in [0.2, 0.25) is 5.02 Å². The molecule has 0 saturated carbocycles. The summed E-state index contributed by atoms with van der Waals surface area (Å²) in [6.07, 6.45) is 0. The Morgan fingerprint density at radius 2 is 1.70 bits per heavy atom. The topological polar surface area (TPSA) is 20.3 Å². The van der Waals surface area contributed by atoms with Crippen LogP contribution in [0.1, 0.15) is 15.9 Å². The third-order valence-corrected chi connectivity index (χ3v) is 3.65. The number of hydrogen-bond donors (Lipinski definition) is 0. The third kappa shape index (κ3) is 3.84. The highest BCUT2D eigenvalue weighted by Gasteiger charge is 2.17. The Morgan fingerprint density at radius 1 is 1.05 bits per heavy atom. The van der Waals surface area contributed by atoms with Crippen LogP contribution in [0.5, 0.6) is 0 Å². The van der Waals surface area contributed by atoms with Gasteiger partial charge in [-0.3, -0.25) is 4.79 Å². The number of hydrogen-bond acceptors (Lipinski definition) is 1. The zero-order valence-electron chi connectivity index (χ0n) is 10.9. The van der Waals surface area contributed by atoms with Gasteiger partial charge in [0, 0.05) is 18.4 Å². The van der Waals surface area contributed by atoms with Crippen molar-refractivity contribution in [3.05, 3.63) is 70.7 Å². The molecule has 0 unspecified atom stereocenters. The Labute approximate surface area is 132 Å². The molecule has 2 rings (SSSR count). The Morgan fingerprint density at radius 3 is 2.35 bits per heavy atom. The molecule has 1 amide bonds. The van der Waals surface area contributed by atoms with E-state index in [1.807, 2.05) is 42.5 Å². The largest absolute Gasteiger partial charge is 0.333 e. The Balaban J connectivity index is 2.20. The van der Waals surface area contributed by atoms with Crippen molar-refractivity contribution in [2.75, 3.05) is 11.9 Å². The van der Waals surface area contributed by atoms with E-state index >= 15 is 0 Å². The van der Waals surface area contributed by atoms with Gasteiger partial charge in [-0.15, -0.1) is 0 Å². The maximum Gasteiger partial charge on any atom is 0.255 e. The number of carbonyl (C=O) groups is 1. The first-order valence-electron chi connectivity index (χ1n) is 6.36. The Bertz CT molecular complexity index is 574. The molecule has 104 valence electrons. The second-order valence-electron chi connectivity index (χ2n) is 4.38. The molecule has 0 fully saturated rings. The van der Waals surface area contributed by atoms with Crippen LogP contribution in [0, 0.1) is 0 Å². The molecule has 0 bridgehead atoms. The van der Waals surface area contributed by atoms with Crippen molar-refractivity contribution in [3.8, 4) is 0 Å². The predicted molar refractivity (Wildman–Crippen MR) is 86.4 cm³/mol. The lowest BCUT2D eigenvalue weighted by Gasteiger charge is -2.22. The smallest absolute Gasteiger partial charge is 0.255 e. The molecule has 0 aliphatic rings. The number of halogens is 2. The third-order valence-electron chi connectivity index (χ3n) is 2.96. The summed E-state index contributed by atoms with van der Waals surface area (Å²) in [5.41, 5.74) is 1.65. The van der Waals surface area contributed by atoms with Crippen molar-refractivity contribution in [2.24, 2.45) is 0 Å². The molecule has 2 aromatic rings. The van der Waals surface area contributed by atoms with E-state index in [0.717, 1.165) is 10.9 Å². The minimum atomic E-state index is -0.0427. The predicted octanol–water partition coefficient (Wildman–Crippen LogP) is 4.38. The van der Waals surface area contributed by atoms with Crippen LogP contribution < -0.4 is 0 Å². The summed E-state index contributed by atoms with van der Waals surface area (Å²) in [5, 5.41) is 1.22. The second-order valence-corrected chi connectivity index (χ2v) is 5.58. The van der Waals surface area contributed by atoms with Gasteiger partial charge in [-0.05, 0) is 17.7 Å². The number of benzene rings is 2. The molecular formula is C16H15BrClNO. The van der Waals surface area contributed by atoms with Gasteiger partial charge in [-0.1, -0.05) is 70.0 Å². The van der Waals surface area contributed by atoms with E-state index in [2.05, 4.69) is 15.9 Å². The molecule has 0 N–H and O–H groups in total. The highest BCUT2D eigenvalue weighted by atomic mass is 79.9. The lowest BCUT2D eigenvalue weighted by molar-refractivity contribution is 0.0755. The number of amides is 1. The van der Waals surface area contributed by atoms with Crippen LogP contribution in [-0.2, 0) is 6.54 Å². The first-order chi connectivity index (χ1) is 9.72. The van der Waals surface area contributed by atoms with Crippen LogP contribution in [0.4, 0.5) is 0 Å². The minimum Gasteiger partial charge on any atom is -0.333 e. The summed E-state index contributed by atoms with van der Waals surface area (Å²) < 4.78 is 0. The van der Waals surface area contributed by atoms with Gasteiger partial charge in [-0.25, -0.2) is 0 Å². The monoisotopic (exact) mass is 351 g/mol. The summed E-state index contributed by atoms with van der Waals surface area (Å²) in [6, 6.07) is 17.1. The average molecular weight is 353 g/mol. The van der Waals surface area contributed by atoms with Gasteiger partial charge in [0.2, 0.25) is 0 Å². The van der Waals surface area contributed by atoms with Gasteiger partial charge in [0.05, 0.1) is 10.6 Å². The number of carbonyl (C=O) groups excluding carboxylic acids is 1. The van der Waals surface area contributed by atoms with Crippen molar-refractivity contribution in [3.63, 3.8) is 0 Å². The van der Waals surface area contributed by atoms with Crippen LogP contribution >= 0.6 is 27.5 Å². The average Bonchev–Trinajstić information content (AvgIpc) is 2.48. The van der Waals surface area contributed by atoms with Crippen molar-refractivity contribution >= 4 is 33.4 Å². The lowest BCUT2D eigenvalue weighted by atomic mass is 10.1. The van der Waals surface area contributed by atoms with Crippen molar-refractivity contribution < 1.29 is 4.79 Å². The molecule has 0 saturated heterocycles. The van der Waals surface area contributed by atoms with Gasteiger partial charge in [-0.2, -0.15) is 0 Å². The van der Waals surface area contributed by atoms with E-state index < -0.39 is 0 Å². The number of nitrogens with zero attached hydrogens (tertiary/aromatic N) is 1. The first kappa shape index (κ1) is 15.1. The van der Waals surface area contributed by atoms with Crippen LogP contribution in [0.3, 0.4) is 0 Å². The normalized spacial score (nSPS) is 10.3. The number of rotatable bonds is 5. The molecule has 0 atom stereocenters. The molecule has 0 radical (unpaired) electrons. The molecule has 0 spiro atoms. The fourth-order valence-electron chi connectivity index (χ4n) is 1.96. The van der Waals surface area contributed by atoms with E-state index in [1.54, 1.807) is 17.0 Å². The second kappa shape index (κ2) is 7.46. The minimum absolute atomic E-state index is 0.0427. The van der Waals surface area contributed by atoms with E-state index in [-0.39, 0.29) is 5.91 Å². The van der Waals surface area contributed by atoms with Crippen molar-refractivity contribution in [2.45, 2.75) is 6.54 Å². The molecule has 2 nitrogen and oxygen atoms in total. The van der Waals surface area contributed by atoms with Gasteiger partial charge in [0.25, 0.3) is 5.91 Å². The van der Waals surface area contributed by atoms with E-state index in [0.29, 0.717) is 23.7 Å². The molecular weight excluding hydrogens is 338 g/mol. The SMILES string of the molecule is O=C(c1ccccc1Cl)N(CCBr)Cc1ccccc1. The maximum absolute atomic E-state index is 12.6. The van der Waals surface area contributed by atoms with Crippen molar-refractivity contribution in [1.29, 1.82) is 0 Å². The van der Waals surface area contributed by atoms with Crippen molar-refractivity contribution in [1.82, 2.24) is 4.90 Å². The molecule has 0 aromatic heterocycles. The van der Waals surface area contributed by atoms with Crippen LogP contribution in [0.25, 0.3) is 0 Å². The highest BCUT2D eigenvalue weighted by Crippen LogP contribution is 2.18. The summed E-state index contributed by atoms with van der Waals surface area (Å²) in [7, 11) is 0. The maximum atomic E-state index is 12.6. The first-order valence-corrected chi connectivity index (χ1v) is 7.86. The molecule has 0 aliphatic heterocycles. The Hall–Kier alpha value is -1.32. The fourth-order valence-corrected chi connectivity index (χ4v) is 2.61. The standard InChI is InChI=1S/C16H15BrClNO/c17-10-11-19(12-13-6-2-1-3-7-13)16(20)14-8-4-5-9-15(14)18/h1-9H,10-12H2. The Kier molecular flexibility index (Phi) is 5.62. The summed E-state index contributed by atoms with van der Waals surface area (Å²) >= 11 is 9.50. The molecule has 0 aliphatic carbocycles. The summed E-state index contributed by atoms with van der Waals surface area (Å²) in [4.78, 5) is 14.4. The van der Waals surface area contributed by atoms with E-state index in [9.17, 15) is 4.79 Å². The van der Waals surface area contributed by atoms with Gasteiger partial charge in [0.15, 0.2) is 0 Å². The van der Waals surface area contributed by atoms with E-state index in [1.165, 1.54) is 0 Å². The van der Waals surface area contributed by atoms with Crippen LogP contribution in [-0.4, -0.2) is 22.7 Å². The zero-order valence-corrected chi connectivity index (χ0v) is 13.3. The number of alkyl halides is 1. The van der Waals surface area contributed by atoms with Gasteiger partial charge < -0.3 is 4.90 Å². The fraction of sp³-hybridized carbons (Fsp3) is 0.188. The molecule has 4 heteroatoms. The molecule has 0 heterocycles. The summed E-state index contributed by atoms with van der Waals surface area (Å²) in [6.45, 7) is 1.22. The van der Waals surface area contributed by atoms with Crippen LogP contribution in [0.15, 0.2) is 54.6 Å². The highest BCUT2D eigenvalue weighted by molar-refractivity contribution is 9.09. The lowest BCUT2D eigenvalue weighted by Crippen LogP contribution is -2.32. The molecule has 2 aromatic carbocycles. The quantitative estimate of drug-likeness (QED) is 0.731. The summed E-state index contributed by atoms with van der Waals surface area (Å²) in [5.74, 6) is -0.0427. The van der Waals surface area contributed by atoms with Gasteiger partial charge >= 0.3 is 0 Å². The zero-order chi connectivity index (χ0) is 14.4. The molecule has 20 heavy (non-hydrogen) atoms.